The molecule has 0 aliphatic heterocycles. The summed E-state index contributed by atoms with van der Waals surface area (Å²) in [6.07, 6.45) is 0. The van der Waals surface area contributed by atoms with Crippen molar-refractivity contribution >= 4 is 45.8 Å². The third kappa shape index (κ3) is 4.32. The van der Waals surface area contributed by atoms with E-state index in [0.29, 0.717) is 14.8 Å². The van der Waals surface area contributed by atoms with Crippen LogP contribution >= 0.6 is 22.6 Å². The maximum absolute atomic E-state index is 12.4. The van der Waals surface area contributed by atoms with Gasteiger partial charge in [-0.3, -0.25) is 14.9 Å². The Balaban J connectivity index is 2.35. The van der Waals surface area contributed by atoms with Crippen LogP contribution in [0.4, 0.5) is 11.4 Å². The number of nitro groups is 1. The molecule has 0 spiro atoms. The zero-order valence-electron chi connectivity index (χ0n) is 13.4. The Labute approximate surface area is 157 Å². The molecule has 130 valence electrons. The van der Waals surface area contributed by atoms with Gasteiger partial charge in [-0.2, -0.15) is 0 Å². The fraction of sp³-hybridized carbons (Fsp3) is 0.176. The number of amides is 1. The molecule has 8 heteroatoms. The molecule has 0 saturated carbocycles. The summed E-state index contributed by atoms with van der Waals surface area (Å²) in [6.45, 7) is 3.76. The number of benzene rings is 2. The molecule has 0 fully saturated rings. The molecular formula is C17H15IN2O5. The van der Waals surface area contributed by atoms with Crippen molar-refractivity contribution in [2.75, 3.05) is 5.32 Å². The number of rotatable bonds is 5. The normalized spacial score (nSPS) is 10.6. The van der Waals surface area contributed by atoms with Gasteiger partial charge in [0.25, 0.3) is 11.6 Å². The van der Waals surface area contributed by atoms with Crippen molar-refractivity contribution in [1.82, 2.24) is 0 Å². The number of carbonyl (C=O) groups excluding carboxylic acids is 1. The molecule has 0 atom stereocenters. The molecule has 0 heterocycles. The first-order valence-corrected chi connectivity index (χ1v) is 8.41. The first kappa shape index (κ1) is 18.8. The van der Waals surface area contributed by atoms with E-state index in [1.807, 2.05) is 36.4 Å². The highest BCUT2D eigenvalue weighted by Crippen LogP contribution is 2.25. The van der Waals surface area contributed by atoms with Gasteiger partial charge >= 0.3 is 5.97 Å². The van der Waals surface area contributed by atoms with E-state index in [1.54, 1.807) is 12.1 Å². The Morgan fingerprint density at radius 3 is 2.40 bits per heavy atom. The van der Waals surface area contributed by atoms with E-state index in [9.17, 15) is 24.8 Å². The highest BCUT2D eigenvalue weighted by Gasteiger charge is 2.18. The quantitative estimate of drug-likeness (QED) is 0.399. The van der Waals surface area contributed by atoms with E-state index < -0.39 is 16.8 Å². The third-order valence-corrected chi connectivity index (χ3v) is 4.51. The summed E-state index contributed by atoms with van der Waals surface area (Å²) in [5.74, 6) is -1.60. The summed E-state index contributed by atoms with van der Waals surface area (Å²) in [6, 6.07) is 8.65. The number of carboxylic acids is 1. The Bertz CT molecular complexity index is 864. The molecule has 0 saturated heterocycles. The van der Waals surface area contributed by atoms with E-state index >= 15 is 0 Å². The van der Waals surface area contributed by atoms with Crippen LogP contribution in [0.2, 0.25) is 0 Å². The zero-order chi connectivity index (χ0) is 18.7. The molecule has 2 aromatic carbocycles. The summed E-state index contributed by atoms with van der Waals surface area (Å²) in [5.41, 5.74) is 1.05. The highest BCUT2D eigenvalue weighted by molar-refractivity contribution is 14.1. The van der Waals surface area contributed by atoms with Crippen LogP contribution in [0.5, 0.6) is 0 Å². The van der Waals surface area contributed by atoms with Crippen molar-refractivity contribution in [2.45, 2.75) is 19.8 Å². The maximum Gasteiger partial charge on any atom is 0.336 e. The Morgan fingerprint density at radius 2 is 1.84 bits per heavy atom. The summed E-state index contributed by atoms with van der Waals surface area (Å²) in [7, 11) is 0. The van der Waals surface area contributed by atoms with E-state index in [2.05, 4.69) is 5.32 Å². The van der Waals surface area contributed by atoms with Crippen LogP contribution in [0.25, 0.3) is 0 Å². The van der Waals surface area contributed by atoms with Crippen LogP contribution in [0.1, 0.15) is 46.0 Å². The molecule has 0 bridgehead atoms. The molecule has 0 aliphatic carbocycles. The van der Waals surface area contributed by atoms with Crippen molar-refractivity contribution in [1.29, 1.82) is 0 Å². The van der Waals surface area contributed by atoms with E-state index in [1.165, 1.54) is 24.3 Å². The van der Waals surface area contributed by atoms with Crippen molar-refractivity contribution in [3.8, 4) is 0 Å². The number of halogens is 1. The van der Waals surface area contributed by atoms with Crippen LogP contribution in [0.3, 0.4) is 0 Å². The molecule has 2 N–H and O–H groups in total. The molecule has 25 heavy (non-hydrogen) atoms. The second kappa shape index (κ2) is 7.60. The largest absolute Gasteiger partial charge is 0.478 e. The van der Waals surface area contributed by atoms with Gasteiger partial charge in [0.1, 0.15) is 0 Å². The smallest absolute Gasteiger partial charge is 0.336 e. The molecule has 0 radical (unpaired) electrons. The lowest BCUT2D eigenvalue weighted by molar-refractivity contribution is -0.384. The van der Waals surface area contributed by atoms with Crippen molar-refractivity contribution < 1.29 is 19.6 Å². The fourth-order valence-electron chi connectivity index (χ4n) is 2.32. The monoisotopic (exact) mass is 454 g/mol. The number of carbonyl (C=O) groups is 2. The van der Waals surface area contributed by atoms with E-state index in [-0.39, 0.29) is 22.7 Å². The van der Waals surface area contributed by atoms with Gasteiger partial charge in [-0.25, -0.2) is 4.79 Å². The number of nitrogens with zero attached hydrogens (tertiary/aromatic N) is 1. The van der Waals surface area contributed by atoms with Gasteiger partial charge in [-0.1, -0.05) is 19.9 Å². The highest BCUT2D eigenvalue weighted by atomic mass is 127. The summed E-state index contributed by atoms with van der Waals surface area (Å²) in [5, 5.41) is 22.8. The number of hydrogen-bond donors (Lipinski definition) is 2. The fourth-order valence-corrected chi connectivity index (χ4v) is 2.90. The Kier molecular flexibility index (Phi) is 5.73. The van der Waals surface area contributed by atoms with E-state index in [0.717, 1.165) is 0 Å². The summed E-state index contributed by atoms with van der Waals surface area (Å²) < 4.78 is 0.554. The van der Waals surface area contributed by atoms with Gasteiger partial charge in [0.15, 0.2) is 0 Å². The Hall–Kier alpha value is -2.49. The van der Waals surface area contributed by atoms with Crippen molar-refractivity contribution in [2.24, 2.45) is 0 Å². The minimum atomic E-state index is -1.08. The predicted octanol–water partition coefficient (Wildman–Crippen LogP) is 4.27. The minimum Gasteiger partial charge on any atom is -0.478 e. The first-order chi connectivity index (χ1) is 11.7. The van der Waals surface area contributed by atoms with Gasteiger partial charge < -0.3 is 10.4 Å². The van der Waals surface area contributed by atoms with Crippen LogP contribution in [0, 0.1) is 13.7 Å². The molecule has 7 nitrogen and oxygen atoms in total. The van der Waals surface area contributed by atoms with Crippen LogP contribution in [0.15, 0.2) is 36.4 Å². The van der Waals surface area contributed by atoms with Crippen LogP contribution in [-0.4, -0.2) is 21.9 Å². The predicted molar refractivity (Wildman–Crippen MR) is 101 cm³/mol. The second-order valence-corrected chi connectivity index (χ2v) is 6.80. The molecular weight excluding hydrogens is 439 g/mol. The average Bonchev–Trinajstić information content (AvgIpc) is 2.54. The van der Waals surface area contributed by atoms with Gasteiger partial charge in [0.05, 0.1) is 16.1 Å². The molecule has 2 rings (SSSR count). The molecule has 0 aromatic heterocycles. The van der Waals surface area contributed by atoms with Gasteiger partial charge in [-0.15, -0.1) is 0 Å². The number of aromatic carboxylic acids is 1. The average molecular weight is 454 g/mol. The Morgan fingerprint density at radius 1 is 1.16 bits per heavy atom. The number of nitro benzene ring substituents is 1. The molecule has 1 amide bonds. The first-order valence-electron chi connectivity index (χ1n) is 7.33. The molecule has 0 aliphatic rings. The van der Waals surface area contributed by atoms with Crippen LogP contribution in [-0.2, 0) is 0 Å². The lowest BCUT2D eigenvalue weighted by atomic mass is 9.96. The third-order valence-electron chi connectivity index (χ3n) is 3.57. The topological polar surface area (TPSA) is 110 Å². The zero-order valence-corrected chi connectivity index (χ0v) is 15.6. The van der Waals surface area contributed by atoms with Gasteiger partial charge in [0, 0.05) is 21.4 Å². The summed E-state index contributed by atoms with van der Waals surface area (Å²) >= 11 is 1.91. The second-order valence-electron chi connectivity index (χ2n) is 5.64. The van der Waals surface area contributed by atoms with Crippen LogP contribution < -0.4 is 5.32 Å². The number of hydrogen-bond acceptors (Lipinski definition) is 4. The number of non-ortho nitro benzene ring substituents is 1. The van der Waals surface area contributed by atoms with Gasteiger partial charge in [0.2, 0.25) is 0 Å². The lowest BCUT2D eigenvalue weighted by Gasteiger charge is -2.13. The number of nitrogens with one attached hydrogen (secondary N) is 1. The van der Waals surface area contributed by atoms with Gasteiger partial charge in [-0.05, 0) is 52.3 Å². The standard InChI is InChI=1S/C17H15IN2O5/c1-9(2)12-5-3-10(7-13(12)17(22)23)19-16(21)14-8-11(20(24)25)4-6-15(14)18/h3-9H,1-2H3,(H,19,21)(H,22,23). The minimum absolute atomic E-state index is 0.0218. The van der Waals surface area contributed by atoms with E-state index in [4.69, 9.17) is 0 Å². The maximum atomic E-state index is 12.4. The lowest BCUT2D eigenvalue weighted by Crippen LogP contribution is -2.15. The molecule has 0 unspecified atom stereocenters. The van der Waals surface area contributed by atoms with Crippen molar-refractivity contribution in [3.05, 3.63) is 66.8 Å². The summed E-state index contributed by atoms with van der Waals surface area (Å²) in [4.78, 5) is 34.1. The number of anilines is 1. The SMILES string of the molecule is CC(C)c1ccc(NC(=O)c2cc([N+](=O)[O-])ccc2I)cc1C(=O)O. The molecule has 2 aromatic rings. The number of carboxylic acid groups (broad SMARTS) is 1. The van der Waals surface area contributed by atoms with Crippen molar-refractivity contribution in [3.63, 3.8) is 0 Å².